The maximum atomic E-state index is 11.5. The SMILES string of the molecule is C=C=CC(=O)NCC1CCCCC1c1ccccc1. The highest BCUT2D eigenvalue weighted by Gasteiger charge is 2.26. The van der Waals surface area contributed by atoms with Crippen molar-refractivity contribution in [2.75, 3.05) is 6.54 Å². The zero-order chi connectivity index (χ0) is 13.5. The van der Waals surface area contributed by atoms with E-state index in [1.165, 1.54) is 37.3 Å². The van der Waals surface area contributed by atoms with Crippen LogP contribution in [0.25, 0.3) is 0 Å². The molecule has 2 rings (SSSR count). The number of hydrogen-bond donors (Lipinski definition) is 1. The Kier molecular flexibility index (Phi) is 5.00. The quantitative estimate of drug-likeness (QED) is 0.648. The Morgan fingerprint density at radius 1 is 1.32 bits per heavy atom. The van der Waals surface area contributed by atoms with E-state index in [0.29, 0.717) is 11.8 Å². The molecule has 0 heterocycles. The van der Waals surface area contributed by atoms with Gasteiger partial charge in [0, 0.05) is 12.6 Å². The summed E-state index contributed by atoms with van der Waals surface area (Å²) in [6.07, 6.45) is 6.33. The molecule has 19 heavy (non-hydrogen) atoms. The Bertz CT molecular complexity index is 459. The highest BCUT2D eigenvalue weighted by Crippen LogP contribution is 2.37. The maximum absolute atomic E-state index is 11.5. The summed E-state index contributed by atoms with van der Waals surface area (Å²) in [4.78, 5) is 11.5. The summed E-state index contributed by atoms with van der Waals surface area (Å²) in [5.41, 5.74) is 3.91. The molecule has 0 saturated heterocycles. The van der Waals surface area contributed by atoms with Gasteiger partial charge in [0.1, 0.15) is 0 Å². The second-order valence-corrected chi connectivity index (χ2v) is 5.16. The first-order valence-corrected chi connectivity index (χ1v) is 7.00. The lowest BCUT2D eigenvalue weighted by Gasteiger charge is -2.32. The van der Waals surface area contributed by atoms with Gasteiger partial charge in [-0.2, -0.15) is 0 Å². The third kappa shape index (κ3) is 3.84. The minimum absolute atomic E-state index is 0.0904. The molecule has 0 bridgehead atoms. The Morgan fingerprint density at radius 2 is 2.05 bits per heavy atom. The van der Waals surface area contributed by atoms with Gasteiger partial charge in [-0.05, 0) is 30.2 Å². The van der Waals surface area contributed by atoms with Gasteiger partial charge in [0.2, 0.25) is 0 Å². The minimum atomic E-state index is -0.0904. The smallest absolute Gasteiger partial charge is 0.251 e. The highest BCUT2D eigenvalue weighted by molar-refractivity contribution is 5.87. The van der Waals surface area contributed by atoms with Crippen LogP contribution in [0.4, 0.5) is 0 Å². The van der Waals surface area contributed by atoms with Crippen molar-refractivity contribution in [1.82, 2.24) is 5.32 Å². The molecule has 1 saturated carbocycles. The molecular weight excluding hydrogens is 234 g/mol. The average molecular weight is 255 g/mol. The first-order chi connectivity index (χ1) is 9.31. The summed E-state index contributed by atoms with van der Waals surface area (Å²) >= 11 is 0. The van der Waals surface area contributed by atoms with Gasteiger partial charge in [0.15, 0.2) is 0 Å². The van der Waals surface area contributed by atoms with Crippen molar-refractivity contribution in [1.29, 1.82) is 0 Å². The van der Waals surface area contributed by atoms with E-state index in [4.69, 9.17) is 0 Å². The van der Waals surface area contributed by atoms with Gasteiger partial charge in [-0.1, -0.05) is 49.8 Å². The Hall–Kier alpha value is -1.79. The molecule has 2 heteroatoms. The van der Waals surface area contributed by atoms with Crippen LogP contribution >= 0.6 is 0 Å². The van der Waals surface area contributed by atoms with Crippen LogP contribution in [-0.4, -0.2) is 12.5 Å². The lowest BCUT2D eigenvalue weighted by Crippen LogP contribution is -2.32. The molecule has 1 aromatic carbocycles. The van der Waals surface area contributed by atoms with Crippen LogP contribution in [0, 0.1) is 5.92 Å². The summed E-state index contributed by atoms with van der Waals surface area (Å²) in [7, 11) is 0. The van der Waals surface area contributed by atoms with Crippen LogP contribution in [0.1, 0.15) is 37.2 Å². The van der Waals surface area contributed by atoms with E-state index in [0.717, 1.165) is 6.54 Å². The molecule has 2 nitrogen and oxygen atoms in total. The van der Waals surface area contributed by atoms with Crippen molar-refractivity contribution in [2.45, 2.75) is 31.6 Å². The molecule has 0 spiro atoms. The fourth-order valence-corrected chi connectivity index (χ4v) is 2.97. The second-order valence-electron chi connectivity index (χ2n) is 5.16. The lowest BCUT2D eigenvalue weighted by atomic mass is 9.75. The van der Waals surface area contributed by atoms with Crippen molar-refractivity contribution >= 4 is 5.91 Å². The van der Waals surface area contributed by atoms with E-state index >= 15 is 0 Å². The molecule has 2 atom stereocenters. The monoisotopic (exact) mass is 255 g/mol. The van der Waals surface area contributed by atoms with E-state index in [-0.39, 0.29) is 5.91 Å². The number of amides is 1. The van der Waals surface area contributed by atoms with Gasteiger partial charge in [0.25, 0.3) is 5.91 Å². The summed E-state index contributed by atoms with van der Waals surface area (Å²) in [5, 5.41) is 2.96. The fraction of sp³-hybridized carbons (Fsp3) is 0.412. The zero-order valence-corrected chi connectivity index (χ0v) is 11.3. The number of carbonyl (C=O) groups is 1. The molecule has 1 aromatic rings. The summed E-state index contributed by atoms with van der Waals surface area (Å²) in [6, 6.07) is 10.7. The van der Waals surface area contributed by atoms with Crippen LogP contribution < -0.4 is 5.32 Å². The molecule has 1 aliphatic rings. The molecule has 0 radical (unpaired) electrons. The lowest BCUT2D eigenvalue weighted by molar-refractivity contribution is -0.116. The number of hydrogen-bond acceptors (Lipinski definition) is 1. The average Bonchev–Trinajstić information content (AvgIpc) is 2.47. The third-order valence-corrected chi connectivity index (χ3v) is 3.91. The topological polar surface area (TPSA) is 29.1 Å². The molecular formula is C17H21NO. The van der Waals surface area contributed by atoms with Gasteiger partial charge in [-0.3, -0.25) is 4.79 Å². The molecule has 1 aliphatic carbocycles. The zero-order valence-electron chi connectivity index (χ0n) is 11.3. The van der Waals surface area contributed by atoms with Gasteiger partial charge in [0.05, 0.1) is 0 Å². The van der Waals surface area contributed by atoms with Crippen LogP contribution in [0.2, 0.25) is 0 Å². The van der Waals surface area contributed by atoms with Gasteiger partial charge < -0.3 is 5.32 Å². The summed E-state index contributed by atoms with van der Waals surface area (Å²) in [6.45, 7) is 4.16. The molecule has 1 N–H and O–H groups in total. The Labute approximate surface area is 115 Å². The van der Waals surface area contributed by atoms with Crippen LogP contribution in [0.15, 0.2) is 48.7 Å². The molecule has 1 fully saturated rings. The third-order valence-electron chi connectivity index (χ3n) is 3.91. The van der Waals surface area contributed by atoms with Crippen molar-refractivity contribution in [2.24, 2.45) is 5.92 Å². The standard InChI is InChI=1S/C17H21NO/c1-2-8-17(19)18-13-15-11-6-7-12-16(15)14-9-4-3-5-10-14/h3-5,8-10,15-16H,1,6-7,11-13H2,(H,18,19). The molecule has 2 unspecified atom stereocenters. The predicted octanol–water partition coefficient (Wildman–Crippen LogP) is 3.42. The summed E-state index contributed by atoms with van der Waals surface area (Å²) in [5.74, 6) is 1.02. The van der Waals surface area contributed by atoms with Crippen molar-refractivity contribution in [3.63, 3.8) is 0 Å². The van der Waals surface area contributed by atoms with Crippen molar-refractivity contribution in [3.8, 4) is 0 Å². The van der Waals surface area contributed by atoms with Gasteiger partial charge in [-0.15, -0.1) is 5.73 Å². The van der Waals surface area contributed by atoms with Gasteiger partial charge in [-0.25, -0.2) is 0 Å². The first kappa shape index (κ1) is 13.6. The molecule has 0 aliphatic heterocycles. The van der Waals surface area contributed by atoms with E-state index in [9.17, 15) is 4.79 Å². The maximum Gasteiger partial charge on any atom is 0.251 e. The van der Waals surface area contributed by atoms with E-state index in [1.54, 1.807) is 0 Å². The number of nitrogens with one attached hydrogen (secondary N) is 1. The molecule has 1 amide bonds. The Balaban J connectivity index is 2.00. The van der Waals surface area contributed by atoms with Crippen molar-refractivity contribution < 1.29 is 4.79 Å². The van der Waals surface area contributed by atoms with Crippen LogP contribution in [-0.2, 0) is 4.79 Å². The number of rotatable bonds is 4. The molecule has 0 aromatic heterocycles. The first-order valence-electron chi connectivity index (χ1n) is 7.00. The second kappa shape index (κ2) is 6.96. The van der Waals surface area contributed by atoms with Gasteiger partial charge >= 0.3 is 0 Å². The minimum Gasteiger partial charge on any atom is -0.352 e. The van der Waals surface area contributed by atoms with E-state index in [1.807, 2.05) is 0 Å². The van der Waals surface area contributed by atoms with Crippen LogP contribution in [0.5, 0.6) is 0 Å². The van der Waals surface area contributed by atoms with E-state index < -0.39 is 0 Å². The highest BCUT2D eigenvalue weighted by atomic mass is 16.1. The van der Waals surface area contributed by atoms with Crippen molar-refractivity contribution in [3.05, 3.63) is 54.3 Å². The van der Waals surface area contributed by atoms with E-state index in [2.05, 4.69) is 48.0 Å². The number of carbonyl (C=O) groups excluding carboxylic acids is 1. The largest absolute Gasteiger partial charge is 0.352 e. The normalized spacial score (nSPS) is 22.3. The summed E-state index contributed by atoms with van der Waals surface area (Å²) < 4.78 is 0. The molecule has 100 valence electrons. The predicted molar refractivity (Wildman–Crippen MR) is 77.9 cm³/mol. The van der Waals surface area contributed by atoms with Crippen LogP contribution in [0.3, 0.4) is 0 Å². The fourth-order valence-electron chi connectivity index (χ4n) is 2.97. The number of benzene rings is 1. The Morgan fingerprint density at radius 3 is 2.79 bits per heavy atom.